The molecule has 0 atom stereocenters. The number of rotatable bonds is 9. The number of aromatic nitrogens is 2. The van der Waals surface area contributed by atoms with Gasteiger partial charge in [-0.25, -0.2) is 4.39 Å². The Bertz CT molecular complexity index is 1190. The Morgan fingerprint density at radius 2 is 1.94 bits per heavy atom. The van der Waals surface area contributed by atoms with Crippen molar-refractivity contribution in [3.8, 4) is 6.07 Å². The predicted octanol–water partition coefficient (Wildman–Crippen LogP) is 5.31. The number of nitrogens with zero attached hydrogens (tertiary/aromatic N) is 4. The van der Waals surface area contributed by atoms with Gasteiger partial charge in [-0.3, -0.25) is 14.7 Å². The maximum Gasteiger partial charge on any atom is 0.239 e. The molecule has 0 spiro atoms. The average molecular weight is 474 g/mol. The number of carbonyl (C=O) groups is 1. The third-order valence-corrected chi connectivity index (χ3v) is 6.91. The van der Waals surface area contributed by atoms with E-state index in [1.807, 2.05) is 36.9 Å². The molecule has 7 heteroatoms. The molecular formula is C28H32FN5O. The van der Waals surface area contributed by atoms with E-state index in [1.165, 1.54) is 12.1 Å². The Kier molecular flexibility index (Phi) is 7.94. The summed E-state index contributed by atoms with van der Waals surface area (Å²) in [5, 5.41) is 12.9. The van der Waals surface area contributed by atoms with Crippen LogP contribution in [0, 0.1) is 31.0 Å². The standard InChI is InChI=1S/C28H32FN5O/c1-20-21(2)34(25-8-3-4-9-25)28(26(20)17-30)32-27(35)19-33(16-14-24-7-5-6-15-31-24)18-22-10-12-23(29)13-11-22/h5-7,10-13,15,25H,3-4,8-9,14,16,18-19H2,1-2H3,(H,32,35). The fourth-order valence-corrected chi connectivity index (χ4v) is 4.96. The van der Waals surface area contributed by atoms with Crippen molar-refractivity contribution in [1.82, 2.24) is 14.5 Å². The van der Waals surface area contributed by atoms with Gasteiger partial charge in [0.25, 0.3) is 0 Å². The summed E-state index contributed by atoms with van der Waals surface area (Å²) in [6, 6.07) is 14.8. The van der Waals surface area contributed by atoms with Gasteiger partial charge >= 0.3 is 0 Å². The highest BCUT2D eigenvalue weighted by molar-refractivity contribution is 5.93. The zero-order chi connectivity index (χ0) is 24.8. The van der Waals surface area contributed by atoms with Crippen LogP contribution in [0.3, 0.4) is 0 Å². The van der Waals surface area contributed by atoms with E-state index in [9.17, 15) is 14.4 Å². The molecule has 0 radical (unpaired) electrons. The van der Waals surface area contributed by atoms with Crippen molar-refractivity contribution in [2.45, 2.75) is 58.5 Å². The maximum absolute atomic E-state index is 13.4. The second kappa shape index (κ2) is 11.3. The molecule has 1 saturated carbocycles. The molecule has 0 saturated heterocycles. The van der Waals surface area contributed by atoms with Crippen molar-refractivity contribution in [1.29, 1.82) is 5.26 Å². The fourth-order valence-electron chi connectivity index (χ4n) is 4.96. The van der Waals surface area contributed by atoms with Gasteiger partial charge in [-0.1, -0.05) is 31.0 Å². The summed E-state index contributed by atoms with van der Waals surface area (Å²) in [7, 11) is 0. The first-order valence-electron chi connectivity index (χ1n) is 12.2. The molecule has 1 aromatic carbocycles. The summed E-state index contributed by atoms with van der Waals surface area (Å²) in [6.07, 6.45) is 6.89. The number of pyridine rings is 1. The highest BCUT2D eigenvalue weighted by atomic mass is 19.1. The summed E-state index contributed by atoms with van der Waals surface area (Å²) in [5.74, 6) is 0.168. The van der Waals surface area contributed by atoms with Crippen molar-refractivity contribution in [3.63, 3.8) is 0 Å². The van der Waals surface area contributed by atoms with Crippen molar-refractivity contribution in [3.05, 3.63) is 82.6 Å². The molecule has 182 valence electrons. The molecule has 2 aromatic heterocycles. The van der Waals surface area contributed by atoms with Crippen LogP contribution in [0.2, 0.25) is 0 Å². The van der Waals surface area contributed by atoms with Crippen LogP contribution in [-0.2, 0) is 17.8 Å². The quantitative estimate of drug-likeness (QED) is 0.457. The molecule has 1 N–H and O–H groups in total. The highest BCUT2D eigenvalue weighted by Crippen LogP contribution is 2.37. The second-order valence-electron chi connectivity index (χ2n) is 9.31. The molecule has 1 aliphatic rings. The topological polar surface area (TPSA) is 74.0 Å². The molecule has 35 heavy (non-hydrogen) atoms. The Hall–Kier alpha value is -3.50. The summed E-state index contributed by atoms with van der Waals surface area (Å²) < 4.78 is 15.6. The average Bonchev–Trinajstić information content (AvgIpc) is 3.46. The van der Waals surface area contributed by atoms with E-state index in [0.717, 1.165) is 48.2 Å². The van der Waals surface area contributed by atoms with Gasteiger partial charge in [0.15, 0.2) is 0 Å². The first-order valence-corrected chi connectivity index (χ1v) is 12.2. The fraction of sp³-hybridized carbons (Fsp3) is 0.393. The number of hydrogen-bond acceptors (Lipinski definition) is 4. The lowest BCUT2D eigenvalue weighted by Gasteiger charge is -2.23. The molecular weight excluding hydrogens is 441 g/mol. The van der Waals surface area contributed by atoms with Crippen LogP contribution in [0.5, 0.6) is 0 Å². The van der Waals surface area contributed by atoms with Crippen LogP contribution in [0.1, 0.15) is 59.8 Å². The lowest BCUT2D eigenvalue weighted by Crippen LogP contribution is -2.35. The molecule has 3 aromatic rings. The van der Waals surface area contributed by atoms with Gasteiger partial charge in [0.05, 0.1) is 12.1 Å². The van der Waals surface area contributed by atoms with E-state index in [0.29, 0.717) is 36.9 Å². The van der Waals surface area contributed by atoms with Crippen molar-refractivity contribution in [2.75, 3.05) is 18.4 Å². The van der Waals surface area contributed by atoms with Gasteiger partial charge in [-0.15, -0.1) is 0 Å². The van der Waals surface area contributed by atoms with Crippen LogP contribution in [0.15, 0.2) is 48.7 Å². The van der Waals surface area contributed by atoms with E-state index in [-0.39, 0.29) is 18.3 Å². The first-order chi connectivity index (χ1) is 17.0. The molecule has 0 unspecified atom stereocenters. The van der Waals surface area contributed by atoms with Crippen LogP contribution in [-0.4, -0.2) is 33.4 Å². The number of anilines is 1. The normalized spacial score (nSPS) is 13.8. The van der Waals surface area contributed by atoms with Gasteiger partial charge in [0.2, 0.25) is 5.91 Å². The SMILES string of the molecule is Cc1c(C#N)c(NC(=O)CN(CCc2ccccn2)Cc2ccc(F)cc2)n(C2CCCC2)c1C. The third kappa shape index (κ3) is 5.95. The molecule has 1 fully saturated rings. The van der Waals surface area contributed by atoms with E-state index < -0.39 is 0 Å². The van der Waals surface area contributed by atoms with Gasteiger partial charge in [-0.2, -0.15) is 5.26 Å². The van der Waals surface area contributed by atoms with Crippen LogP contribution < -0.4 is 5.32 Å². The smallest absolute Gasteiger partial charge is 0.239 e. The predicted molar refractivity (Wildman–Crippen MR) is 134 cm³/mol. The van der Waals surface area contributed by atoms with E-state index in [4.69, 9.17) is 0 Å². The minimum Gasteiger partial charge on any atom is -0.327 e. The highest BCUT2D eigenvalue weighted by Gasteiger charge is 2.27. The van der Waals surface area contributed by atoms with Crippen molar-refractivity contribution >= 4 is 11.7 Å². The summed E-state index contributed by atoms with van der Waals surface area (Å²) >= 11 is 0. The Balaban J connectivity index is 1.52. The molecule has 1 amide bonds. The minimum absolute atomic E-state index is 0.156. The van der Waals surface area contributed by atoms with Crippen molar-refractivity contribution < 1.29 is 9.18 Å². The molecule has 0 aliphatic heterocycles. The first kappa shape index (κ1) is 24.6. The summed E-state index contributed by atoms with van der Waals surface area (Å²) in [6.45, 7) is 5.26. The third-order valence-electron chi connectivity index (χ3n) is 6.91. The molecule has 1 aliphatic carbocycles. The number of amides is 1. The zero-order valence-corrected chi connectivity index (χ0v) is 20.4. The van der Waals surface area contributed by atoms with Gasteiger partial charge in [-0.05, 0) is 62.1 Å². The van der Waals surface area contributed by atoms with Crippen LogP contribution in [0.4, 0.5) is 10.2 Å². The number of halogens is 1. The summed E-state index contributed by atoms with van der Waals surface area (Å²) in [5.41, 5.74) is 4.39. The Morgan fingerprint density at radius 3 is 2.60 bits per heavy atom. The number of hydrogen-bond donors (Lipinski definition) is 1. The number of nitriles is 1. The Morgan fingerprint density at radius 1 is 1.20 bits per heavy atom. The lowest BCUT2D eigenvalue weighted by atomic mass is 10.2. The Labute approximate surface area is 206 Å². The number of benzene rings is 1. The van der Waals surface area contributed by atoms with E-state index in [1.54, 1.807) is 18.3 Å². The molecule has 6 nitrogen and oxygen atoms in total. The van der Waals surface area contributed by atoms with Gasteiger partial charge < -0.3 is 9.88 Å². The molecule has 2 heterocycles. The van der Waals surface area contributed by atoms with Gasteiger partial charge in [0, 0.05) is 43.1 Å². The van der Waals surface area contributed by atoms with Gasteiger partial charge in [0.1, 0.15) is 17.7 Å². The van der Waals surface area contributed by atoms with Crippen LogP contribution >= 0.6 is 0 Å². The van der Waals surface area contributed by atoms with Crippen molar-refractivity contribution in [2.24, 2.45) is 0 Å². The monoisotopic (exact) mass is 473 g/mol. The summed E-state index contributed by atoms with van der Waals surface area (Å²) in [4.78, 5) is 19.7. The maximum atomic E-state index is 13.4. The second-order valence-corrected chi connectivity index (χ2v) is 9.31. The number of carbonyl (C=O) groups excluding carboxylic acids is 1. The largest absolute Gasteiger partial charge is 0.327 e. The number of nitrogens with one attached hydrogen (secondary N) is 1. The van der Waals surface area contributed by atoms with E-state index in [2.05, 4.69) is 20.9 Å². The molecule has 0 bridgehead atoms. The lowest BCUT2D eigenvalue weighted by molar-refractivity contribution is -0.117. The van der Waals surface area contributed by atoms with Crippen LogP contribution in [0.25, 0.3) is 0 Å². The molecule has 4 rings (SSSR count). The zero-order valence-electron chi connectivity index (χ0n) is 20.4. The minimum atomic E-state index is -0.283. The van der Waals surface area contributed by atoms with E-state index >= 15 is 0 Å².